The summed E-state index contributed by atoms with van der Waals surface area (Å²) in [7, 11) is 0. The van der Waals surface area contributed by atoms with Crippen molar-refractivity contribution in [1.82, 2.24) is 10.6 Å². The van der Waals surface area contributed by atoms with Gasteiger partial charge in [0, 0.05) is 12.1 Å². The molecule has 2 aliphatic rings. The average Bonchev–Trinajstić information content (AvgIpc) is 3.19. The zero-order valence-electron chi connectivity index (χ0n) is 14.6. The molecule has 0 fully saturated rings. The van der Waals surface area contributed by atoms with Gasteiger partial charge in [-0.15, -0.1) is 0 Å². The van der Waals surface area contributed by atoms with Crippen molar-refractivity contribution >= 4 is 57.8 Å². The molecule has 150 valence electrons. The van der Waals surface area contributed by atoms with Crippen LogP contribution in [0.15, 0.2) is 47.5 Å². The molecule has 0 spiro atoms. The number of hydrogen-bond donors (Lipinski definition) is 2. The first kappa shape index (κ1) is 19.6. The minimum absolute atomic E-state index is 0.0572. The molecule has 2 aromatic carbocycles. The number of rotatable bonds is 4. The third-order valence-corrected chi connectivity index (χ3v) is 5.19. The molecule has 0 radical (unpaired) electrons. The van der Waals surface area contributed by atoms with Crippen LogP contribution in [0.5, 0.6) is 0 Å². The normalized spacial score (nSPS) is 15.3. The van der Waals surface area contributed by atoms with Crippen LogP contribution in [0.1, 0.15) is 11.1 Å². The van der Waals surface area contributed by atoms with Crippen LogP contribution >= 0.6 is 23.2 Å². The number of fused-ring (bicyclic) bond motifs is 1. The van der Waals surface area contributed by atoms with Gasteiger partial charge in [-0.3, -0.25) is 29.8 Å². The van der Waals surface area contributed by atoms with Crippen LogP contribution in [0.4, 0.5) is 11.4 Å². The molecule has 0 atom stereocenters. The minimum Gasteiger partial charge on any atom is -0.320 e. The van der Waals surface area contributed by atoms with Gasteiger partial charge in [0.05, 0.1) is 53.6 Å². The van der Waals surface area contributed by atoms with Gasteiger partial charge in [-0.05, 0) is 12.1 Å². The Morgan fingerprint density at radius 1 is 0.700 bits per heavy atom. The highest BCUT2D eigenvalue weighted by molar-refractivity contribution is 6.37. The number of nitrogens with zero attached hydrogens (tertiary/aromatic N) is 2. The lowest BCUT2D eigenvalue weighted by molar-refractivity contribution is -0.385. The van der Waals surface area contributed by atoms with Gasteiger partial charge in [0.25, 0.3) is 23.2 Å². The average molecular weight is 447 g/mol. The number of nitro groups is 2. The third-order valence-electron chi connectivity index (χ3n) is 4.56. The Labute approximate surface area is 177 Å². The maximum Gasteiger partial charge on any atom is 0.280 e. The summed E-state index contributed by atoms with van der Waals surface area (Å²) in [5.41, 5.74) is -1.86. The van der Waals surface area contributed by atoms with Gasteiger partial charge in [-0.1, -0.05) is 35.3 Å². The summed E-state index contributed by atoms with van der Waals surface area (Å²) in [5, 5.41) is 27.6. The van der Waals surface area contributed by atoms with E-state index >= 15 is 0 Å². The van der Waals surface area contributed by atoms with Crippen molar-refractivity contribution < 1.29 is 19.4 Å². The zero-order chi connectivity index (χ0) is 21.7. The molecule has 4 rings (SSSR count). The first-order valence-corrected chi connectivity index (χ1v) is 8.96. The molecule has 0 saturated carbocycles. The number of carbonyl (C=O) groups is 2. The Kier molecular flexibility index (Phi) is 4.52. The van der Waals surface area contributed by atoms with Gasteiger partial charge in [0.2, 0.25) is 0 Å². The second-order valence-electron chi connectivity index (χ2n) is 6.19. The van der Waals surface area contributed by atoms with E-state index in [1.807, 2.05) is 0 Å². The van der Waals surface area contributed by atoms with E-state index in [1.165, 1.54) is 36.4 Å². The standard InChI is InChI=1S/C18H8Cl2N4O6/c19-7-3-1-5-9(23(27)28)11(7)15-13-14(18(26)21-15)16(22-17(13)25)12-8(20)4-2-6-10(12)24(29)30/h1-6H,(H,21,26)(H,22,25). The maximum absolute atomic E-state index is 12.7. The molecule has 0 unspecified atom stereocenters. The largest absolute Gasteiger partial charge is 0.320 e. The lowest BCUT2D eigenvalue weighted by Gasteiger charge is -2.10. The van der Waals surface area contributed by atoms with Crippen LogP contribution < -0.4 is 10.6 Å². The molecule has 0 bridgehead atoms. The Hall–Kier alpha value is -3.76. The van der Waals surface area contributed by atoms with Crippen molar-refractivity contribution in [2.75, 3.05) is 0 Å². The lowest BCUT2D eigenvalue weighted by Crippen LogP contribution is -2.22. The fraction of sp³-hybridized carbons (Fsp3) is 0. The molecule has 2 heterocycles. The molecule has 0 aliphatic carbocycles. The number of nitrogens with one attached hydrogen (secondary N) is 2. The molecular weight excluding hydrogens is 439 g/mol. The van der Waals surface area contributed by atoms with Gasteiger partial charge in [0.1, 0.15) is 0 Å². The highest BCUT2D eigenvalue weighted by atomic mass is 35.5. The Bertz CT molecular complexity index is 1170. The maximum atomic E-state index is 12.7. The molecule has 2 aliphatic heterocycles. The number of benzene rings is 2. The molecule has 30 heavy (non-hydrogen) atoms. The molecule has 10 nitrogen and oxygen atoms in total. The van der Waals surface area contributed by atoms with Crippen molar-refractivity contribution in [1.29, 1.82) is 0 Å². The summed E-state index contributed by atoms with van der Waals surface area (Å²) in [4.78, 5) is 46.9. The zero-order valence-corrected chi connectivity index (χ0v) is 16.1. The van der Waals surface area contributed by atoms with E-state index in [-0.39, 0.29) is 43.7 Å². The Balaban J connectivity index is 2.04. The smallest absolute Gasteiger partial charge is 0.280 e. The fourth-order valence-corrected chi connectivity index (χ4v) is 3.91. The second kappa shape index (κ2) is 6.94. The van der Waals surface area contributed by atoms with Crippen molar-refractivity contribution in [3.8, 4) is 0 Å². The second-order valence-corrected chi connectivity index (χ2v) is 7.00. The van der Waals surface area contributed by atoms with E-state index in [2.05, 4.69) is 10.6 Å². The summed E-state index contributed by atoms with van der Waals surface area (Å²) in [6.45, 7) is 0. The number of carbonyl (C=O) groups excluding carboxylic acids is 2. The SMILES string of the molecule is O=C1NC(c2c(Cl)cccc2[N+](=O)[O-])=C2C(=O)NC(c3c(Cl)cccc3[N+](=O)[O-])=C12. The van der Waals surface area contributed by atoms with Crippen molar-refractivity contribution in [3.05, 3.63) is 88.9 Å². The van der Waals surface area contributed by atoms with Crippen LogP contribution in [-0.4, -0.2) is 21.7 Å². The van der Waals surface area contributed by atoms with Gasteiger partial charge in [0.15, 0.2) is 0 Å². The molecule has 2 amide bonds. The van der Waals surface area contributed by atoms with Gasteiger partial charge < -0.3 is 10.6 Å². The molecular formula is C18H8Cl2N4O6. The van der Waals surface area contributed by atoms with Crippen molar-refractivity contribution in [2.24, 2.45) is 0 Å². The highest BCUT2D eigenvalue weighted by Crippen LogP contribution is 2.44. The predicted molar refractivity (Wildman–Crippen MR) is 106 cm³/mol. The Morgan fingerprint density at radius 3 is 1.40 bits per heavy atom. The van der Waals surface area contributed by atoms with Crippen LogP contribution in [-0.2, 0) is 9.59 Å². The van der Waals surface area contributed by atoms with E-state index in [9.17, 15) is 29.8 Å². The van der Waals surface area contributed by atoms with Gasteiger partial charge in [-0.25, -0.2) is 0 Å². The first-order valence-electron chi connectivity index (χ1n) is 8.20. The third kappa shape index (κ3) is 2.81. The summed E-state index contributed by atoms with van der Waals surface area (Å²) in [6, 6.07) is 7.81. The predicted octanol–water partition coefficient (Wildman–Crippen LogP) is 3.19. The number of amides is 2. The quantitative estimate of drug-likeness (QED) is 0.544. The molecule has 12 heteroatoms. The van der Waals surface area contributed by atoms with Gasteiger partial charge in [-0.2, -0.15) is 0 Å². The van der Waals surface area contributed by atoms with E-state index in [4.69, 9.17) is 23.2 Å². The van der Waals surface area contributed by atoms with E-state index in [0.717, 1.165) is 0 Å². The van der Waals surface area contributed by atoms with Crippen LogP contribution in [0.25, 0.3) is 11.4 Å². The molecule has 0 aromatic heterocycles. The van der Waals surface area contributed by atoms with Crippen LogP contribution in [0.3, 0.4) is 0 Å². The summed E-state index contributed by atoms with van der Waals surface area (Å²) >= 11 is 12.3. The minimum atomic E-state index is -0.781. The van der Waals surface area contributed by atoms with Crippen LogP contribution in [0, 0.1) is 20.2 Å². The molecule has 2 aromatic rings. The van der Waals surface area contributed by atoms with Crippen LogP contribution in [0.2, 0.25) is 10.0 Å². The van der Waals surface area contributed by atoms with E-state index in [1.54, 1.807) is 0 Å². The van der Waals surface area contributed by atoms with E-state index < -0.39 is 33.0 Å². The number of hydrogen-bond acceptors (Lipinski definition) is 6. The fourth-order valence-electron chi connectivity index (χ4n) is 3.38. The number of nitro benzene ring substituents is 2. The first-order chi connectivity index (χ1) is 14.2. The number of halogens is 2. The summed E-state index contributed by atoms with van der Waals surface area (Å²) in [6.07, 6.45) is 0. The Morgan fingerprint density at radius 2 is 1.07 bits per heavy atom. The van der Waals surface area contributed by atoms with E-state index in [0.29, 0.717) is 0 Å². The van der Waals surface area contributed by atoms with Crippen molar-refractivity contribution in [2.45, 2.75) is 0 Å². The van der Waals surface area contributed by atoms with Gasteiger partial charge >= 0.3 is 0 Å². The monoisotopic (exact) mass is 446 g/mol. The highest BCUT2D eigenvalue weighted by Gasteiger charge is 2.44. The molecule has 0 saturated heterocycles. The summed E-state index contributed by atoms with van der Waals surface area (Å²) < 4.78 is 0. The lowest BCUT2D eigenvalue weighted by atomic mass is 10.0. The topological polar surface area (TPSA) is 144 Å². The summed E-state index contributed by atoms with van der Waals surface area (Å²) in [5.74, 6) is -1.56. The molecule has 2 N–H and O–H groups in total. The van der Waals surface area contributed by atoms with Crippen molar-refractivity contribution in [3.63, 3.8) is 0 Å².